The lowest BCUT2D eigenvalue weighted by Crippen LogP contribution is -2.45. The number of ether oxygens (including phenoxy) is 2. The van der Waals surface area contributed by atoms with Crippen LogP contribution < -0.4 is 25.4 Å². The smallest absolute Gasteiger partial charge is 0.387 e. The minimum absolute atomic E-state index is 0. The number of hydrogen-bond donors (Lipinski definition) is 3. The van der Waals surface area contributed by atoms with Crippen molar-refractivity contribution in [2.75, 3.05) is 20.2 Å². The van der Waals surface area contributed by atoms with E-state index in [1.807, 2.05) is 6.92 Å². The number of halogens is 3. The van der Waals surface area contributed by atoms with Gasteiger partial charge in [0, 0.05) is 31.3 Å². The van der Waals surface area contributed by atoms with Crippen molar-refractivity contribution in [3.05, 3.63) is 23.8 Å². The monoisotopic (exact) mass is 554 g/mol. The van der Waals surface area contributed by atoms with Crippen molar-refractivity contribution >= 4 is 35.8 Å². The molecule has 1 aliphatic rings. The standard InChI is InChI=1S/C21H32F2N4O3.HI/c1-3-11-29-17-10-9-15(18(12-17)30-20(22)23)13-25-21(24-2)26-14-19(28)27-16-7-5-4-6-8-16;/h9-10,12,16,20H,3-8,11,13-14H2,1-2H3,(H,27,28)(H2,24,25,26);1H. The van der Waals surface area contributed by atoms with Crippen LogP contribution in [0.25, 0.3) is 0 Å². The Balaban J connectivity index is 0.00000480. The average molecular weight is 554 g/mol. The molecule has 1 aromatic carbocycles. The van der Waals surface area contributed by atoms with Crippen molar-refractivity contribution in [2.45, 2.75) is 64.6 Å². The molecule has 0 radical (unpaired) electrons. The second-order valence-corrected chi connectivity index (χ2v) is 7.18. The lowest BCUT2D eigenvalue weighted by molar-refractivity contribution is -0.120. The first kappa shape index (κ1) is 27.2. The summed E-state index contributed by atoms with van der Waals surface area (Å²) in [5, 5.41) is 8.98. The molecule has 0 heterocycles. The fourth-order valence-electron chi connectivity index (χ4n) is 3.29. The first-order valence-corrected chi connectivity index (χ1v) is 10.5. The molecule has 2 rings (SSSR count). The predicted molar refractivity (Wildman–Crippen MR) is 127 cm³/mol. The van der Waals surface area contributed by atoms with Crippen LogP contribution in [0.15, 0.2) is 23.2 Å². The lowest BCUT2D eigenvalue weighted by Gasteiger charge is -2.23. The van der Waals surface area contributed by atoms with Gasteiger partial charge in [-0.25, -0.2) is 0 Å². The normalized spacial score (nSPS) is 14.5. The van der Waals surface area contributed by atoms with Gasteiger partial charge >= 0.3 is 6.61 Å². The minimum Gasteiger partial charge on any atom is -0.493 e. The van der Waals surface area contributed by atoms with E-state index in [9.17, 15) is 13.6 Å². The molecular weight excluding hydrogens is 521 g/mol. The topological polar surface area (TPSA) is 84.0 Å². The van der Waals surface area contributed by atoms with Crippen LogP contribution in [0.1, 0.15) is 51.0 Å². The summed E-state index contributed by atoms with van der Waals surface area (Å²) in [7, 11) is 1.58. The molecule has 0 unspecified atom stereocenters. The summed E-state index contributed by atoms with van der Waals surface area (Å²) in [5.74, 6) is 0.807. The van der Waals surface area contributed by atoms with Crippen LogP contribution in [0.5, 0.6) is 11.5 Å². The molecule has 0 saturated heterocycles. The van der Waals surface area contributed by atoms with Gasteiger partial charge in [0.2, 0.25) is 5.91 Å². The molecule has 1 aliphatic carbocycles. The molecule has 3 N–H and O–H groups in total. The van der Waals surface area contributed by atoms with E-state index >= 15 is 0 Å². The maximum absolute atomic E-state index is 12.8. The molecule has 31 heavy (non-hydrogen) atoms. The Kier molecular flexibility index (Phi) is 13.2. The minimum atomic E-state index is -2.94. The number of nitrogens with one attached hydrogen (secondary N) is 3. The van der Waals surface area contributed by atoms with E-state index in [-0.39, 0.29) is 54.8 Å². The molecule has 176 valence electrons. The zero-order chi connectivity index (χ0) is 21.8. The molecule has 7 nitrogen and oxygen atoms in total. The molecule has 0 atom stereocenters. The number of benzene rings is 1. The van der Waals surface area contributed by atoms with Gasteiger partial charge in [-0.1, -0.05) is 26.2 Å². The zero-order valence-corrected chi connectivity index (χ0v) is 20.4. The van der Waals surface area contributed by atoms with Gasteiger partial charge in [0.25, 0.3) is 0 Å². The second kappa shape index (κ2) is 15.0. The van der Waals surface area contributed by atoms with Gasteiger partial charge in [0.15, 0.2) is 5.96 Å². The van der Waals surface area contributed by atoms with Gasteiger partial charge in [-0.2, -0.15) is 8.78 Å². The van der Waals surface area contributed by atoms with Gasteiger partial charge in [-0.05, 0) is 31.4 Å². The molecule has 0 bridgehead atoms. The Labute approximate surface area is 199 Å². The molecule has 10 heteroatoms. The van der Waals surface area contributed by atoms with Crippen molar-refractivity contribution in [1.29, 1.82) is 0 Å². The van der Waals surface area contributed by atoms with Crippen LogP contribution in [0.2, 0.25) is 0 Å². The summed E-state index contributed by atoms with van der Waals surface area (Å²) in [6.45, 7) is -0.208. The fraction of sp³-hybridized carbons (Fsp3) is 0.619. The van der Waals surface area contributed by atoms with Crippen LogP contribution in [-0.2, 0) is 11.3 Å². The number of nitrogens with zero attached hydrogens (tertiary/aromatic N) is 1. The molecule has 1 amide bonds. The highest BCUT2D eigenvalue weighted by Gasteiger charge is 2.16. The van der Waals surface area contributed by atoms with Gasteiger partial charge in [0.1, 0.15) is 11.5 Å². The van der Waals surface area contributed by atoms with Gasteiger partial charge in [-0.3, -0.25) is 9.79 Å². The van der Waals surface area contributed by atoms with Gasteiger partial charge < -0.3 is 25.4 Å². The van der Waals surface area contributed by atoms with E-state index in [4.69, 9.17) is 4.74 Å². The van der Waals surface area contributed by atoms with Crippen LogP contribution in [0.4, 0.5) is 8.78 Å². The third-order valence-corrected chi connectivity index (χ3v) is 4.78. The first-order chi connectivity index (χ1) is 14.5. The number of carbonyl (C=O) groups is 1. The summed E-state index contributed by atoms with van der Waals surface area (Å²) in [6, 6.07) is 5.06. The molecule has 0 aliphatic heterocycles. The van der Waals surface area contributed by atoms with Crippen molar-refractivity contribution < 1.29 is 23.0 Å². The quantitative estimate of drug-likeness (QED) is 0.233. The van der Waals surface area contributed by atoms with Crippen molar-refractivity contribution in [2.24, 2.45) is 4.99 Å². The summed E-state index contributed by atoms with van der Waals surface area (Å²) < 4.78 is 35.7. The maximum atomic E-state index is 12.8. The Bertz CT molecular complexity index is 701. The Morgan fingerprint density at radius 3 is 2.61 bits per heavy atom. The van der Waals surface area contributed by atoms with Crippen LogP contribution >= 0.6 is 24.0 Å². The van der Waals surface area contributed by atoms with Crippen LogP contribution in [-0.4, -0.2) is 44.7 Å². The first-order valence-electron chi connectivity index (χ1n) is 10.5. The lowest BCUT2D eigenvalue weighted by atomic mass is 9.95. The highest BCUT2D eigenvalue weighted by Crippen LogP contribution is 2.26. The molecule has 1 fully saturated rings. The number of amides is 1. The van der Waals surface area contributed by atoms with E-state index in [1.54, 1.807) is 19.2 Å². The molecule has 0 spiro atoms. The third-order valence-electron chi connectivity index (χ3n) is 4.78. The van der Waals surface area contributed by atoms with E-state index in [2.05, 4.69) is 25.7 Å². The highest BCUT2D eigenvalue weighted by atomic mass is 127. The Morgan fingerprint density at radius 2 is 1.97 bits per heavy atom. The summed E-state index contributed by atoms with van der Waals surface area (Å²) >= 11 is 0. The largest absolute Gasteiger partial charge is 0.493 e. The van der Waals surface area contributed by atoms with Crippen molar-refractivity contribution in [3.63, 3.8) is 0 Å². The molecule has 0 aromatic heterocycles. The van der Waals surface area contributed by atoms with E-state index in [1.165, 1.54) is 12.5 Å². The zero-order valence-electron chi connectivity index (χ0n) is 18.1. The van der Waals surface area contributed by atoms with Crippen molar-refractivity contribution in [3.8, 4) is 11.5 Å². The SMILES string of the molecule is CCCOc1ccc(CNC(=NC)NCC(=O)NC2CCCCC2)c(OC(F)F)c1.I. The number of hydrogen-bond acceptors (Lipinski definition) is 4. The third kappa shape index (κ3) is 10.3. The summed E-state index contributed by atoms with van der Waals surface area (Å²) in [6.07, 6.45) is 6.36. The van der Waals surface area contributed by atoms with Crippen LogP contribution in [0, 0.1) is 0 Å². The number of aliphatic imine (C=N–C) groups is 1. The predicted octanol–water partition coefficient (Wildman–Crippen LogP) is 3.81. The van der Waals surface area contributed by atoms with Gasteiger partial charge in [0.05, 0.1) is 13.2 Å². The number of carbonyl (C=O) groups excluding carboxylic acids is 1. The Hall–Kier alpha value is -1.85. The molecule has 1 aromatic rings. The maximum Gasteiger partial charge on any atom is 0.387 e. The summed E-state index contributed by atoms with van der Waals surface area (Å²) in [4.78, 5) is 16.2. The van der Waals surface area contributed by atoms with E-state index < -0.39 is 6.61 Å². The number of alkyl halides is 2. The van der Waals surface area contributed by atoms with E-state index in [0.717, 1.165) is 32.1 Å². The second-order valence-electron chi connectivity index (χ2n) is 7.18. The average Bonchev–Trinajstić information content (AvgIpc) is 2.73. The molecular formula is C21H33F2IN4O3. The Morgan fingerprint density at radius 1 is 1.23 bits per heavy atom. The van der Waals surface area contributed by atoms with Crippen LogP contribution in [0.3, 0.4) is 0 Å². The molecule has 1 saturated carbocycles. The number of guanidine groups is 1. The highest BCUT2D eigenvalue weighted by molar-refractivity contribution is 14.0. The fourth-order valence-corrected chi connectivity index (χ4v) is 3.29. The van der Waals surface area contributed by atoms with Crippen molar-refractivity contribution in [1.82, 2.24) is 16.0 Å². The van der Waals surface area contributed by atoms with E-state index in [0.29, 0.717) is 23.9 Å². The van der Waals surface area contributed by atoms with Gasteiger partial charge in [-0.15, -0.1) is 24.0 Å². The number of rotatable bonds is 10. The summed E-state index contributed by atoms with van der Waals surface area (Å²) in [5.41, 5.74) is 0.522.